The van der Waals surface area contributed by atoms with Crippen molar-refractivity contribution in [3.63, 3.8) is 0 Å². The van der Waals surface area contributed by atoms with Crippen LogP contribution in [0.15, 0.2) is 46.9 Å². The number of rotatable bonds is 7. The second-order valence-electron chi connectivity index (χ2n) is 6.11. The number of furan rings is 1. The van der Waals surface area contributed by atoms with Gasteiger partial charge in [0.1, 0.15) is 29.4 Å². The summed E-state index contributed by atoms with van der Waals surface area (Å²) in [4.78, 5) is 0. The normalized spacial score (nSPS) is 12.3. The molecule has 1 N–H and O–H groups in total. The number of aryl methyl sites for hydroxylation is 1. The molecule has 0 aliphatic heterocycles. The summed E-state index contributed by atoms with van der Waals surface area (Å²) in [5.41, 5.74) is 3.27. The Morgan fingerprint density at radius 1 is 1.04 bits per heavy atom. The summed E-state index contributed by atoms with van der Waals surface area (Å²) < 4.78 is 17.3. The van der Waals surface area contributed by atoms with Crippen molar-refractivity contribution in [2.24, 2.45) is 0 Å². The lowest BCUT2D eigenvalue weighted by Gasteiger charge is -2.10. The van der Waals surface area contributed by atoms with Crippen LogP contribution in [0.3, 0.4) is 0 Å². The maximum Gasteiger partial charge on any atom is 0.134 e. The van der Waals surface area contributed by atoms with E-state index in [1.54, 1.807) is 0 Å². The second-order valence-corrected chi connectivity index (χ2v) is 6.11. The molecule has 0 saturated heterocycles. The van der Waals surface area contributed by atoms with E-state index in [0.717, 1.165) is 33.8 Å². The van der Waals surface area contributed by atoms with Crippen LogP contribution in [0.5, 0.6) is 11.5 Å². The van der Waals surface area contributed by atoms with E-state index in [0.29, 0.717) is 13.2 Å². The minimum absolute atomic E-state index is 0.190. The standard InChI is InChI=1S/C21H25NO3/c1-5-23-17-7-9-18(10-8-17)24-13-16-6-11-20-19(14(16)2)12-21(25-20)15(3)22-4/h6-12,15,22H,5,13H2,1-4H3. The molecular weight excluding hydrogens is 314 g/mol. The lowest BCUT2D eigenvalue weighted by Crippen LogP contribution is -2.10. The summed E-state index contributed by atoms with van der Waals surface area (Å²) in [7, 11) is 1.93. The van der Waals surface area contributed by atoms with Gasteiger partial charge in [0.15, 0.2) is 0 Å². The van der Waals surface area contributed by atoms with Crippen LogP contribution in [-0.4, -0.2) is 13.7 Å². The third kappa shape index (κ3) is 3.80. The predicted molar refractivity (Wildman–Crippen MR) is 100 cm³/mol. The molecule has 0 amide bonds. The highest BCUT2D eigenvalue weighted by molar-refractivity contribution is 5.82. The first-order valence-electron chi connectivity index (χ1n) is 8.67. The van der Waals surface area contributed by atoms with E-state index in [1.165, 1.54) is 5.56 Å². The summed E-state index contributed by atoms with van der Waals surface area (Å²) in [6.07, 6.45) is 0. The van der Waals surface area contributed by atoms with Gasteiger partial charge in [-0.3, -0.25) is 0 Å². The fourth-order valence-corrected chi connectivity index (χ4v) is 2.79. The monoisotopic (exact) mass is 339 g/mol. The minimum atomic E-state index is 0.190. The topological polar surface area (TPSA) is 43.6 Å². The molecule has 1 heterocycles. The van der Waals surface area contributed by atoms with Gasteiger partial charge >= 0.3 is 0 Å². The molecule has 0 spiro atoms. The summed E-state index contributed by atoms with van der Waals surface area (Å²) in [6.45, 7) is 7.36. The number of ether oxygens (including phenoxy) is 2. The Morgan fingerprint density at radius 2 is 1.72 bits per heavy atom. The summed E-state index contributed by atoms with van der Waals surface area (Å²) >= 11 is 0. The molecule has 132 valence electrons. The average molecular weight is 339 g/mol. The van der Waals surface area contributed by atoms with Crippen LogP contribution in [0, 0.1) is 6.92 Å². The van der Waals surface area contributed by atoms with Crippen LogP contribution in [0.4, 0.5) is 0 Å². The van der Waals surface area contributed by atoms with Gasteiger partial charge < -0.3 is 19.2 Å². The van der Waals surface area contributed by atoms with Gasteiger partial charge in [-0.25, -0.2) is 0 Å². The highest BCUT2D eigenvalue weighted by Crippen LogP contribution is 2.29. The minimum Gasteiger partial charge on any atom is -0.494 e. The lowest BCUT2D eigenvalue weighted by atomic mass is 10.0. The van der Waals surface area contributed by atoms with E-state index in [9.17, 15) is 0 Å². The Hall–Kier alpha value is -2.46. The lowest BCUT2D eigenvalue weighted by molar-refractivity contribution is 0.303. The second kappa shape index (κ2) is 7.62. The van der Waals surface area contributed by atoms with E-state index in [-0.39, 0.29) is 6.04 Å². The average Bonchev–Trinajstić information content (AvgIpc) is 3.07. The molecule has 4 heteroatoms. The molecule has 1 atom stereocenters. The van der Waals surface area contributed by atoms with Gasteiger partial charge in [0.05, 0.1) is 12.6 Å². The Balaban J connectivity index is 1.76. The van der Waals surface area contributed by atoms with Crippen molar-refractivity contribution in [3.05, 3.63) is 59.4 Å². The SMILES string of the molecule is CCOc1ccc(OCc2ccc3oc(C(C)NC)cc3c2C)cc1. The first-order valence-corrected chi connectivity index (χ1v) is 8.67. The summed E-state index contributed by atoms with van der Waals surface area (Å²) in [5, 5.41) is 4.35. The van der Waals surface area contributed by atoms with Crippen molar-refractivity contribution in [2.75, 3.05) is 13.7 Å². The largest absolute Gasteiger partial charge is 0.494 e. The Kier molecular flexibility index (Phi) is 5.29. The zero-order valence-corrected chi connectivity index (χ0v) is 15.3. The molecule has 3 aromatic rings. The maximum atomic E-state index is 5.94. The first-order chi connectivity index (χ1) is 12.1. The molecule has 0 saturated carbocycles. The van der Waals surface area contributed by atoms with Crippen LogP contribution in [-0.2, 0) is 6.61 Å². The maximum absolute atomic E-state index is 5.94. The molecule has 2 aromatic carbocycles. The van der Waals surface area contributed by atoms with E-state index in [4.69, 9.17) is 13.9 Å². The van der Waals surface area contributed by atoms with Crippen LogP contribution in [0.2, 0.25) is 0 Å². The van der Waals surface area contributed by atoms with Crippen molar-refractivity contribution in [1.82, 2.24) is 5.32 Å². The predicted octanol–water partition coefficient (Wildman–Crippen LogP) is 5.00. The van der Waals surface area contributed by atoms with E-state index in [1.807, 2.05) is 44.3 Å². The van der Waals surface area contributed by atoms with Gasteiger partial charge in [0, 0.05) is 5.39 Å². The molecule has 25 heavy (non-hydrogen) atoms. The van der Waals surface area contributed by atoms with Gasteiger partial charge in [-0.1, -0.05) is 6.07 Å². The highest BCUT2D eigenvalue weighted by atomic mass is 16.5. The molecule has 3 rings (SSSR count). The van der Waals surface area contributed by atoms with Gasteiger partial charge in [0.25, 0.3) is 0 Å². The zero-order valence-electron chi connectivity index (χ0n) is 15.3. The number of fused-ring (bicyclic) bond motifs is 1. The molecule has 1 aromatic heterocycles. The third-order valence-corrected chi connectivity index (χ3v) is 4.49. The number of benzene rings is 2. The van der Waals surface area contributed by atoms with Gasteiger partial charge in [0.2, 0.25) is 0 Å². The quantitative estimate of drug-likeness (QED) is 0.658. The summed E-state index contributed by atoms with van der Waals surface area (Å²) in [6, 6.07) is 14.1. The van der Waals surface area contributed by atoms with Crippen molar-refractivity contribution in [1.29, 1.82) is 0 Å². The Bertz CT molecular complexity index is 836. The number of nitrogens with one attached hydrogen (secondary N) is 1. The van der Waals surface area contributed by atoms with Gasteiger partial charge in [-0.05, 0) is 75.3 Å². The van der Waals surface area contributed by atoms with Crippen molar-refractivity contribution < 1.29 is 13.9 Å². The van der Waals surface area contributed by atoms with Crippen LogP contribution < -0.4 is 14.8 Å². The Labute approximate surface area is 148 Å². The highest BCUT2D eigenvalue weighted by Gasteiger charge is 2.13. The molecule has 0 aliphatic carbocycles. The van der Waals surface area contributed by atoms with Crippen molar-refractivity contribution in [3.8, 4) is 11.5 Å². The molecule has 0 aliphatic rings. The van der Waals surface area contributed by atoms with Crippen LogP contribution >= 0.6 is 0 Å². The molecule has 0 bridgehead atoms. The number of hydrogen-bond donors (Lipinski definition) is 1. The van der Waals surface area contributed by atoms with Gasteiger partial charge in [-0.2, -0.15) is 0 Å². The third-order valence-electron chi connectivity index (χ3n) is 4.49. The fourth-order valence-electron chi connectivity index (χ4n) is 2.79. The van der Waals surface area contributed by atoms with Gasteiger partial charge in [-0.15, -0.1) is 0 Å². The van der Waals surface area contributed by atoms with E-state index < -0.39 is 0 Å². The number of hydrogen-bond acceptors (Lipinski definition) is 4. The van der Waals surface area contributed by atoms with Crippen LogP contribution in [0.1, 0.15) is 36.8 Å². The molecule has 4 nitrogen and oxygen atoms in total. The van der Waals surface area contributed by atoms with E-state index in [2.05, 4.69) is 31.3 Å². The van der Waals surface area contributed by atoms with Crippen molar-refractivity contribution in [2.45, 2.75) is 33.4 Å². The Morgan fingerprint density at radius 3 is 2.36 bits per heavy atom. The smallest absolute Gasteiger partial charge is 0.134 e. The van der Waals surface area contributed by atoms with Crippen LogP contribution in [0.25, 0.3) is 11.0 Å². The molecule has 0 radical (unpaired) electrons. The summed E-state index contributed by atoms with van der Waals surface area (Å²) in [5.74, 6) is 2.64. The zero-order chi connectivity index (χ0) is 17.8. The first kappa shape index (κ1) is 17.4. The van der Waals surface area contributed by atoms with Crippen molar-refractivity contribution >= 4 is 11.0 Å². The van der Waals surface area contributed by atoms with E-state index >= 15 is 0 Å². The molecule has 0 fully saturated rings. The fraction of sp³-hybridized carbons (Fsp3) is 0.333. The molecule has 1 unspecified atom stereocenters. The molecular formula is C21H25NO3.